The fraction of sp³-hybridized carbons (Fsp3) is 0. The summed E-state index contributed by atoms with van der Waals surface area (Å²) >= 11 is 0. The third-order valence-electron chi connectivity index (χ3n) is 0. The summed E-state index contributed by atoms with van der Waals surface area (Å²) in [5.74, 6) is 0. The molecule has 4 N–H and O–H groups in total. The average molecular weight is 84.1 g/mol. The number of carbonyl (C=O) groups excluding carboxylic acids is 1. The van der Waals surface area contributed by atoms with Gasteiger partial charge in [0.2, 0.25) is 0 Å². The molecule has 0 radical (unpaired) electrons. The summed E-state index contributed by atoms with van der Waals surface area (Å²) in [6, 6.07) is -0.833. The van der Waals surface area contributed by atoms with Crippen LogP contribution in [0, 0.1) is 0 Å². The molecule has 0 aliphatic carbocycles. The van der Waals surface area contributed by atoms with Gasteiger partial charge in [-0.05, 0) is 0 Å². The first kappa shape index (κ1) is 8.99. The topological polar surface area (TPSA) is 69.1 Å². The zero-order valence-corrected chi connectivity index (χ0v) is 5.06. The van der Waals surface area contributed by atoms with E-state index >= 15 is 0 Å². The summed E-state index contributed by atoms with van der Waals surface area (Å²) in [5.41, 5.74) is 8.50. The van der Waals surface area contributed by atoms with Crippen molar-refractivity contribution in [3.05, 3.63) is 0 Å². The zero-order valence-electron chi connectivity index (χ0n) is 4.06. The standard InChI is InChI=1S/CH4N2O.Na.H/c2-1(3)4;;/h(H4,2,3,4);;/q;+1;-1. The number of carbonyl (C=O) groups is 1. The molecule has 0 unspecified atom stereocenters. The van der Waals surface area contributed by atoms with Crippen molar-refractivity contribution >= 4 is 6.03 Å². The first-order chi connectivity index (χ1) is 1.73. The Balaban J connectivity index is -0.0000000450. The fourth-order valence-corrected chi connectivity index (χ4v) is 0. The van der Waals surface area contributed by atoms with E-state index in [1.54, 1.807) is 0 Å². The van der Waals surface area contributed by atoms with Gasteiger partial charge in [0, 0.05) is 0 Å². The van der Waals surface area contributed by atoms with Gasteiger partial charge in [0.25, 0.3) is 0 Å². The van der Waals surface area contributed by atoms with E-state index in [0.717, 1.165) is 0 Å². The molecule has 2 amide bonds. The third kappa shape index (κ3) is 302. The van der Waals surface area contributed by atoms with Crippen molar-refractivity contribution in [2.24, 2.45) is 11.5 Å². The summed E-state index contributed by atoms with van der Waals surface area (Å²) in [5, 5.41) is 0. The van der Waals surface area contributed by atoms with Crippen molar-refractivity contribution in [1.29, 1.82) is 0 Å². The number of urea groups is 1. The van der Waals surface area contributed by atoms with Gasteiger partial charge >= 0.3 is 35.6 Å². The second-order valence-electron chi connectivity index (χ2n) is 0.402. The molecule has 0 heterocycles. The number of nitrogens with two attached hydrogens (primary N) is 2. The Hall–Kier alpha value is 0.270. The van der Waals surface area contributed by atoms with Gasteiger partial charge in [-0.3, -0.25) is 0 Å². The number of primary amides is 2. The van der Waals surface area contributed by atoms with E-state index in [9.17, 15) is 0 Å². The normalized spacial score (nSPS) is 4.80. The Labute approximate surface area is 53.5 Å². The summed E-state index contributed by atoms with van der Waals surface area (Å²) in [6.45, 7) is 0. The molecule has 0 aromatic carbocycles. The summed E-state index contributed by atoms with van der Waals surface area (Å²) in [6.07, 6.45) is 0. The van der Waals surface area contributed by atoms with Crippen LogP contribution in [-0.2, 0) is 0 Å². The van der Waals surface area contributed by atoms with Crippen molar-refractivity contribution in [3.8, 4) is 0 Å². The monoisotopic (exact) mass is 84.0 g/mol. The van der Waals surface area contributed by atoms with Crippen molar-refractivity contribution in [3.63, 3.8) is 0 Å². The van der Waals surface area contributed by atoms with Crippen LogP contribution in [0.4, 0.5) is 4.79 Å². The van der Waals surface area contributed by atoms with Crippen LogP contribution in [-0.4, -0.2) is 6.03 Å². The molecule has 0 saturated carbocycles. The maximum Gasteiger partial charge on any atom is 1.00 e. The quantitative estimate of drug-likeness (QED) is 0.290. The van der Waals surface area contributed by atoms with E-state index in [-0.39, 0.29) is 31.0 Å². The Morgan fingerprint density at radius 1 is 1.60 bits per heavy atom. The van der Waals surface area contributed by atoms with Crippen LogP contribution < -0.4 is 41.0 Å². The zero-order chi connectivity index (χ0) is 3.58. The van der Waals surface area contributed by atoms with Crippen LogP contribution in [0.1, 0.15) is 1.43 Å². The predicted molar refractivity (Wildman–Crippen MR) is 14.9 cm³/mol. The molecule has 0 fully saturated rings. The minimum atomic E-state index is -0.833. The molecule has 0 aliphatic heterocycles. The van der Waals surface area contributed by atoms with Gasteiger partial charge in [-0.25, -0.2) is 4.79 Å². The van der Waals surface area contributed by atoms with Crippen LogP contribution >= 0.6 is 0 Å². The fourth-order valence-electron chi connectivity index (χ4n) is 0. The van der Waals surface area contributed by atoms with Gasteiger partial charge in [0.15, 0.2) is 0 Å². The second-order valence-corrected chi connectivity index (χ2v) is 0.402. The molecule has 4 heteroatoms. The van der Waals surface area contributed by atoms with Gasteiger partial charge < -0.3 is 12.9 Å². The van der Waals surface area contributed by atoms with E-state index < -0.39 is 6.03 Å². The summed E-state index contributed by atoms with van der Waals surface area (Å²) in [7, 11) is 0. The first-order valence-electron chi connectivity index (χ1n) is 0.781. The van der Waals surface area contributed by atoms with E-state index in [1.807, 2.05) is 0 Å². The molecule has 3 nitrogen and oxygen atoms in total. The van der Waals surface area contributed by atoms with Crippen LogP contribution in [0.5, 0.6) is 0 Å². The Morgan fingerprint density at radius 3 is 1.60 bits per heavy atom. The molecule has 0 aliphatic rings. The molecule has 5 heavy (non-hydrogen) atoms. The van der Waals surface area contributed by atoms with E-state index in [0.29, 0.717) is 0 Å². The van der Waals surface area contributed by atoms with Crippen molar-refractivity contribution in [2.45, 2.75) is 0 Å². The Bertz CT molecular complexity index is 36.5. The van der Waals surface area contributed by atoms with Gasteiger partial charge in [0.05, 0.1) is 0 Å². The number of rotatable bonds is 0. The Morgan fingerprint density at radius 2 is 1.60 bits per heavy atom. The molecule has 0 aromatic rings. The van der Waals surface area contributed by atoms with Gasteiger partial charge in [-0.2, -0.15) is 0 Å². The molecular formula is CH5N2NaO. The molecule has 0 atom stereocenters. The maximum atomic E-state index is 9.00. The van der Waals surface area contributed by atoms with Gasteiger partial charge in [-0.15, -0.1) is 0 Å². The molecule has 0 bridgehead atoms. The molecule has 26 valence electrons. The molecule has 0 rings (SSSR count). The van der Waals surface area contributed by atoms with Gasteiger partial charge in [0.1, 0.15) is 0 Å². The largest absolute Gasteiger partial charge is 1.00 e. The number of amides is 2. The summed E-state index contributed by atoms with van der Waals surface area (Å²) < 4.78 is 0. The van der Waals surface area contributed by atoms with Crippen molar-refractivity contribution < 1.29 is 35.8 Å². The molecule has 0 spiro atoms. The van der Waals surface area contributed by atoms with Crippen LogP contribution in [0.25, 0.3) is 0 Å². The average Bonchev–Trinajstić information content (AvgIpc) is 0.811. The van der Waals surface area contributed by atoms with Gasteiger partial charge in [-0.1, -0.05) is 0 Å². The van der Waals surface area contributed by atoms with E-state index in [2.05, 4.69) is 11.5 Å². The van der Waals surface area contributed by atoms with Crippen LogP contribution in [0.15, 0.2) is 0 Å². The maximum absolute atomic E-state index is 9.00. The first-order valence-corrected chi connectivity index (χ1v) is 0.781. The minimum absolute atomic E-state index is 0. The predicted octanol–water partition coefficient (Wildman–Crippen LogP) is -3.86. The number of hydrogen-bond acceptors (Lipinski definition) is 1. The SMILES string of the molecule is NC(N)=O.[H-].[Na+]. The van der Waals surface area contributed by atoms with Crippen molar-refractivity contribution in [1.82, 2.24) is 0 Å². The smallest absolute Gasteiger partial charge is 1.00 e. The van der Waals surface area contributed by atoms with Crippen LogP contribution in [0.3, 0.4) is 0 Å². The molecular weight excluding hydrogens is 79.0 g/mol. The van der Waals surface area contributed by atoms with Crippen LogP contribution in [0.2, 0.25) is 0 Å². The van der Waals surface area contributed by atoms with Crippen molar-refractivity contribution in [2.75, 3.05) is 0 Å². The molecule has 0 saturated heterocycles. The Kier molecular flexibility index (Phi) is 7.67. The van der Waals surface area contributed by atoms with E-state index in [4.69, 9.17) is 4.79 Å². The summed E-state index contributed by atoms with van der Waals surface area (Å²) in [4.78, 5) is 9.00. The second kappa shape index (κ2) is 4.27. The third-order valence-corrected chi connectivity index (χ3v) is 0. The number of hydrogen-bond donors (Lipinski definition) is 2. The van der Waals surface area contributed by atoms with E-state index in [1.165, 1.54) is 0 Å². The minimum Gasteiger partial charge on any atom is -1.00 e. The molecule has 0 aromatic heterocycles.